The Morgan fingerprint density at radius 1 is 1.21 bits per heavy atom. The molecule has 6 heteroatoms. The van der Waals surface area contributed by atoms with Gasteiger partial charge in [0.1, 0.15) is 18.1 Å². The van der Waals surface area contributed by atoms with Crippen molar-refractivity contribution in [1.82, 2.24) is 5.32 Å². The first-order chi connectivity index (χ1) is 11.5. The van der Waals surface area contributed by atoms with Crippen molar-refractivity contribution in [2.75, 3.05) is 13.2 Å². The zero-order valence-corrected chi connectivity index (χ0v) is 15.9. The maximum absolute atomic E-state index is 11.9. The monoisotopic (exact) mass is 411 g/mol. The molecule has 0 unspecified atom stereocenters. The van der Waals surface area contributed by atoms with Crippen LogP contribution < -0.4 is 14.8 Å². The minimum absolute atomic E-state index is 0.101. The van der Waals surface area contributed by atoms with E-state index in [1.165, 1.54) is 0 Å². The van der Waals surface area contributed by atoms with Gasteiger partial charge in [-0.05, 0) is 43.7 Å². The van der Waals surface area contributed by atoms with E-state index < -0.39 is 0 Å². The SMILES string of the molecule is Cc1ccccc1OC[C@H](C)NC(=O)COc1ccc(Br)cc1Cl. The summed E-state index contributed by atoms with van der Waals surface area (Å²) < 4.78 is 12.0. The number of carbonyl (C=O) groups excluding carboxylic acids is 1. The van der Waals surface area contributed by atoms with E-state index in [9.17, 15) is 4.79 Å². The van der Waals surface area contributed by atoms with Crippen LogP contribution in [0.2, 0.25) is 5.02 Å². The third kappa shape index (κ3) is 5.73. The van der Waals surface area contributed by atoms with Crippen molar-refractivity contribution in [3.8, 4) is 11.5 Å². The fourth-order valence-corrected chi connectivity index (χ4v) is 2.75. The Bertz CT molecular complexity index is 708. The van der Waals surface area contributed by atoms with Crippen LogP contribution in [0.5, 0.6) is 11.5 Å². The summed E-state index contributed by atoms with van der Waals surface area (Å²) in [5, 5.41) is 3.28. The largest absolute Gasteiger partial charge is 0.491 e. The predicted molar refractivity (Wildman–Crippen MR) is 98.9 cm³/mol. The van der Waals surface area contributed by atoms with E-state index in [4.69, 9.17) is 21.1 Å². The van der Waals surface area contributed by atoms with Crippen molar-refractivity contribution in [3.05, 3.63) is 57.5 Å². The molecule has 2 aromatic rings. The molecule has 2 aromatic carbocycles. The molecule has 0 aliphatic carbocycles. The number of aryl methyl sites for hydroxylation is 1. The fourth-order valence-electron chi connectivity index (χ4n) is 2.03. The first kappa shape index (κ1) is 18.6. The molecule has 128 valence electrons. The van der Waals surface area contributed by atoms with Gasteiger partial charge in [-0.15, -0.1) is 0 Å². The molecule has 0 spiro atoms. The van der Waals surface area contributed by atoms with Crippen molar-refractivity contribution >= 4 is 33.4 Å². The second kappa shape index (κ2) is 8.94. The Labute approximate surface area is 155 Å². The van der Waals surface area contributed by atoms with Crippen molar-refractivity contribution < 1.29 is 14.3 Å². The van der Waals surface area contributed by atoms with Gasteiger partial charge in [-0.2, -0.15) is 0 Å². The zero-order valence-electron chi connectivity index (χ0n) is 13.5. The summed E-state index contributed by atoms with van der Waals surface area (Å²) in [6, 6.07) is 12.9. The van der Waals surface area contributed by atoms with E-state index >= 15 is 0 Å². The molecule has 0 aliphatic rings. The number of carbonyl (C=O) groups is 1. The van der Waals surface area contributed by atoms with Crippen LogP contribution >= 0.6 is 27.5 Å². The number of halogens is 2. The average molecular weight is 413 g/mol. The standard InChI is InChI=1S/C18H19BrClNO3/c1-12-5-3-4-6-16(12)23-10-13(2)21-18(22)11-24-17-8-7-14(19)9-15(17)20/h3-9,13H,10-11H2,1-2H3,(H,21,22)/t13-/m0/s1. The molecule has 1 amide bonds. The Balaban J connectivity index is 1.76. The Kier molecular flexibility index (Phi) is 6.94. The summed E-state index contributed by atoms with van der Waals surface area (Å²) in [4.78, 5) is 11.9. The number of nitrogens with one attached hydrogen (secondary N) is 1. The summed E-state index contributed by atoms with van der Waals surface area (Å²) >= 11 is 9.36. The van der Waals surface area contributed by atoms with Gasteiger partial charge in [0.05, 0.1) is 11.1 Å². The Morgan fingerprint density at radius 2 is 1.96 bits per heavy atom. The first-order valence-electron chi connectivity index (χ1n) is 7.51. The summed E-state index contributed by atoms with van der Waals surface area (Å²) in [5.41, 5.74) is 1.06. The van der Waals surface area contributed by atoms with Crippen LogP contribution in [0.15, 0.2) is 46.9 Å². The molecule has 0 radical (unpaired) electrons. The number of benzene rings is 2. The van der Waals surface area contributed by atoms with Crippen LogP contribution in [-0.4, -0.2) is 25.2 Å². The molecule has 0 aromatic heterocycles. The van der Waals surface area contributed by atoms with Crippen LogP contribution in [0.4, 0.5) is 0 Å². The molecule has 0 fully saturated rings. The summed E-state index contributed by atoms with van der Waals surface area (Å²) in [6.07, 6.45) is 0. The topological polar surface area (TPSA) is 47.6 Å². The van der Waals surface area contributed by atoms with Gasteiger partial charge in [-0.25, -0.2) is 0 Å². The predicted octanol–water partition coefficient (Wildman–Crippen LogP) is 4.37. The lowest BCUT2D eigenvalue weighted by Gasteiger charge is -2.16. The normalized spacial score (nSPS) is 11.7. The fraction of sp³-hybridized carbons (Fsp3) is 0.278. The molecule has 0 saturated carbocycles. The highest BCUT2D eigenvalue weighted by Gasteiger charge is 2.11. The quantitative estimate of drug-likeness (QED) is 0.734. The summed E-state index contributed by atoms with van der Waals surface area (Å²) in [5.74, 6) is 1.06. The smallest absolute Gasteiger partial charge is 0.258 e. The average Bonchev–Trinajstić information content (AvgIpc) is 2.53. The minimum atomic E-state index is -0.227. The molecule has 2 rings (SSSR count). The molecular formula is C18H19BrClNO3. The summed E-state index contributed by atoms with van der Waals surface area (Å²) in [7, 11) is 0. The van der Waals surface area contributed by atoms with Gasteiger partial charge in [0, 0.05) is 4.47 Å². The number of rotatable bonds is 7. The number of hydrogen-bond acceptors (Lipinski definition) is 3. The molecule has 1 N–H and O–H groups in total. The highest BCUT2D eigenvalue weighted by atomic mass is 79.9. The van der Waals surface area contributed by atoms with E-state index in [0.717, 1.165) is 15.8 Å². The van der Waals surface area contributed by atoms with E-state index in [0.29, 0.717) is 17.4 Å². The molecular weight excluding hydrogens is 394 g/mol. The van der Waals surface area contributed by atoms with Gasteiger partial charge in [0.15, 0.2) is 6.61 Å². The van der Waals surface area contributed by atoms with Crippen LogP contribution in [0, 0.1) is 6.92 Å². The Morgan fingerprint density at radius 3 is 2.67 bits per heavy atom. The number of ether oxygens (including phenoxy) is 2. The van der Waals surface area contributed by atoms with E-state index in [1.54, 1.807) is 18.2 Å². The van der Waals surface area contributed by atoms with Crippen LogP contribution in [0.3, 0.4) is 0 Å². The molecule has 0 saturated heterocycles. The van der Waals surface area contributed by atoms with E-state index in [2.05, 4.69) is 21.2 Å². The van der Waals surface area contributed by atoms with Crippen molar-refractivity contribution in [3.63, 3.8) is 0 Å². The van der Waals surface area contributed by atoms with Gasteiger partial charge in [0.25, 0.3) is 5.91 Å². The third-order valence-corrected chi connectivity index (χ3v) is 4.03. The summed E-state index contributed by atoms with van der Waals surface area (Å²) in [6.45, 7) is 4.14. The van der Waals surface area contributed by atoms with Crippen molar-refractivity contribution in [2.24, 2.45) is 0 Å². The number of amides is 1. The Hall–Kier alpha value is -1.72. The number of hydrogen-bond donors (Lipinski definition) is 1. The van der Waals surface area contributed by atoms with E-state index in [1.807, 2.05) is 38.1 Å². The van der Waals surface area contributed by atoms with Crippen molar-refractivity contribution in [1.29, 1.82) is 0 Å². The third-order valence-electron chi connectivity index (χ3n) is 3.24. The molecule has 1 atom stereocenters. The highest BCUT2D eigenvalue weighted by molar-refractivity contribution is 9.10. The molecule has 0 bridgehead atoms. The van der Waals surface area contributed by atoms with Crippen LogP contribution in [-0.2, 0) is 4.79 Å². The first-order valence-corrected chi connectivity index (χ1v) is 8.68. The van der Waals surface area contributed by atoms with Gasteiger partial charge in [-0.1, -0.05) is 45.7 Å². The molecule has 24 heavy (non-hydrogen) atoms. The molecule has 0 aliphatic heterocycles. The van der Waals surface area contributed by atoms with Gasteiger partial charge >= 0.3 is 0 Å². The maximum atomic E-state index is 11.9. The van der Waals surface area contributed by atoms with Gasteiger partial charge < -0.3 is 14.8 Å². The van der Waals surface area contributed by atoms with E-state index in [-0.39, 0.29) is 18.6 Å². The maximum Gasteiger partial charge on any atom is 0.258 e. The zero-order chi connectivity index (χ0) is 17.5. The number of para-hydroxylation sites is 1. The second-order valence-electron chi connectivity index (χ2n) is 5.41. The van der Waals surface area contributed by atoms with Gasteiger partial charge in [0.2, 0.25) is 0 Å². The van der Waals surface area contributed by atoms with Crippen molar-refractivity contribution in [2.45, 2.75) is 19.9 Å². The molecule has 0 heterocycles. The molecule has 4 nitrogen and oxygen atoms in total. The lowest BCUT2D eigenvalue weighted by molar-refractivity contribution is -0.123. The second-order valence-corrected chi connectivity index (χ2v) is 6.73. The van der Waals surface area contributed by atoms with Crippen LogP contribution in [0.1, 0.15) is 12.5 Å². The van der Waals surface area contributed by atoms with Crippen LogP contribution in [0.25, 0.3) is 0 Å². The lowest BCUT2D eigenvalue weighted by Crippen LogP contribution is -2.39. The highest BCUT2D eigenvalue weighted by Crippen LogP contribution is 2.27. The minimum Gasteiger partial charge on any atom is -0.491 e. The van der Waals surface area contributed by atoms with Gasteiger partial charge in [-0.3, -0.25) is 4.79 Å². The lowest BCUT2D eigenvalue weighted by atomic mass is 10.2.